The zero-order valence-electron chi connectivity index (χ0n) is 9.72. The van der Waals surface area contributed by atoms with Crippen molar-refractivity contribution in [3.05, 3.63) is 30.1 Å². The van der Waals surface area contributed by atoms with Crippen molar-refractivity contribution in [2.24, 2.45) is 0 Å². The van der Waals surface area contributed by atoms with E-state index in [1.54, 1.807) is 0 Å². The first-order valence-corrected chi connectivity index (χ1v) is 6.83. The van der Waals surface area contributed by atoms with Gasteiger partial charge in [0.25, 0.3) is 0 Å². The fourth-order valence-corrected chi connectivity index (χ4v) is 2.15. The van der Waals surface area contributed by atoms with Crippen molar-refractivity contribution in [3.8, 4) is 0 Å². The molecule has 0 spiro atoms. The second kappa shape index (κ2) is 8.56. The summed E-state index contributed by atoms with van der Waals surface area (Å²) >= 11 is 1.87. The first-order valence-electron chi connectivity index (χ1n) is 5.67. The Kier molecular flexibility index (Phi) is 7.21. The lowest BCUT2D eigenvalue weighted by Gasteiger charge is -2.12. The lowest BCUT2D eigenvalue weighted by molar-refractivity contribution is 0.296. The second-order valence-electron chi connectivity index (χ2n) is 3.62. The first-order chi connectivity index (χ1) is 7.84. The number of rotatable bonds is 8. The molecular weight excluding hydrogens is 220 g/mol. The average molecular weight is 240 g/mol. The van der Waals surface area contributed by atoms with Gasteiger partial charge in [0.2, 0.25) is 0 Å². The van der Waals surface area contributed by atoms with E-state index < -0.39 is 0 Å². The Morgan fingerprint density at radius 2 is 2.31 bits per heavy atom. The maximum absolute atomic E-state index is 8.62. The van der Waals surface area contributed by atoms with Crippen molar-refractivity contribution in [1.29, 1.82) is 0 Å². The standard InChI is InChI=1S/C12H20N2OS/c1-11(12-5-2-3-6-14-12)13-7-10-16-9-4-8-15/h2-3,5-6,11,13,15H,4,7-10H2,1H3. The van der Waals surface area contributed by atoms with E-state index in [0.717, 1.165) is 30.2 Å². The molecule has 1 unspecified atom stereocenters. The van der Waals surface area contributed by atoms with E-state index in [-0.39, 0.29) is 0 Å². The predicted molar refractivity (Wildman–Crippen MR) is 69.7 cm³/mol. The zero-order chi connectivity index (χ0) is 11.6. The van der Waals surface area contributed by atoms with E-state index in [4.69, 9.17) is 5.11 Å². The smallest absolute Gasteiger partial charge is 0.0570 e. The van der Waals surface area contributed by atoms with Crippen molar-refractivity contribution in [3.63, 3.8) is 0 Å². The van der Waals surface area contributed by atoms with Crippen LogP contribution in [-0.4, -0.2) is 34.7 Å². The van der Waals surface area contributed by atoms with Gasteiger partial charge >= 0.3 is 0 Å². The number of aliphatic hydroxyl groups excluding tert-OH is 1. The Bertz CT molecular complexity index is 269. The molecule has 0 aliphatic rings. The summed E-state index contributed by atoms with van der Waals surface area (Å²) in [7, 11) is 0. The molecule has 1 aromatic rings. The van der Waals surface area contributed by atoms with Crippen LogP contribution in [0.4, 0.5) is 0 Å². The van der Waals surface area contributed by atoms with E-state index in [9.17, 15) is 0 Å². The molecule has 0 aromatic carbocycles. The maximum atomic E-state index is 8.62. The van der Waals surface area contributed by atoms with Crippen molar-refractivity contribution >= 4 is 11.8 Å². The first kappa shape index (κ1) is 13.5. The molecule has 3 nitrogen and oxygen atoms in total. The Labute approximate surface area is 102 Å². The Balaban J connectivity index is 2.09. The summed E-state index contributed by atoms with van der Waals surface area (Å²) < 4.78 is 0. The van der Waals surface area contributed by atoms with Crippen LogP contribution in [0.2, 0.25) is 0 Å². The van der Waals surface area contributed by atoms with Gasteiger partial charge < -0.3 is 10.4 Å². The third-order valence-corrected chi connectivity index (χ3v) is 3.35. The average Bonchev–Trinajstić information content (AvgIpc) is 2.34. The van der Waals surface area contributed by atoms with Crippen LogP contribution >= 0.6 is 11.8 Å². The van der Waals surface area contributed by atoms with Crippen LogP contribution in [0.3, 0.4) is 0 Å². The lowest BCUT2D eigenvalue weighted by atomic mass is 10.2. The Hall–Kier alpha value is -0.580. The molecule has 90 valence electrons. The minimum absolute atomic E-state index is 0.296. The number of hydrogen-bond donors (Lipinski definition) is 2. The molecule has 0 aliphatic carbocycles. The minimum Gasteiger partial charge on any atom is -0.396 e. The molecule has 0 fully saturated rings. The van der Waals surface area contributed by atoms with Gasteiger partial charge in [0.05, 0.1) is 5.69 Å². The van der Waals surface area contributed by atoms with Gasteiger partial charge in [0, 0.05) is 31.1 Å². The van der Waals surface area contributed by atoms with Crippen LogP contribution in [-0.2, 0) is 0 Å². The third kappa shape index (κ3) is 5.49. The molecule has 1 aromatic heterocycles. The number of nitrogens with one attached hydrogen (secondary N) is 1. The molecule has 0 bridgehead atoms. The molecular formula is C12H20N2OS. The maximum Gasteiger partial charge on any atom is 0.0570 e. The highest BCUT2D eigenvalue weighted by molar-refractivity contribution is 7.99. The van der Waals surface area contributed by atoms with Gasteiger partial charge in [0.1, 0.15) is 0 Å². The van der Waals surface area contributed by atoms with Crippen LogP contribution in [0.5, 0.6) is 0 Å². The highest BCUT2D eigenvalue weighted by Crippen LogP contribution is 2.08. The SMILES string of the molecule is CC(NCCSCCCO)c1ccccn1. The molecule has 1 heterocycles. The molecule has 0 aliphatic heterocycles. The van der Waals surface area contributed by atoms with Crippen molar-refractivity contribution in [2.45, 2.75) is 19.4 Å². The fourth-order valence-electron chi connectivity index (χ4n) is 1.35. The molecule has 0 amide bonds. The van der Waals surface area contributed by atoms with Gasteiger partial charge in [-0.15, -0.1) is 0 Å². The van der Waals surface area contributed by atoms with Crippen LogP contribution in [0.25, 0.3) is 0 Å². The van der Waals surface area contributed by atoms with Crippen LogP contribution < -0.4 is 5.32 Å². The predicted octanol–water partition coefficient (Wildman–Crippen LogP) is 1.85. The zero-order valence-corrected chi connectivity index (χ0v) is 10.5. The number of hydrogen-bond acceptors (Lipinski definition) is 4. The summed E-state index contributed by atoms with van der Waals surface area (Å²) in [4.78, 5) is 4.30. The lowest BCUT2D eigenvalue weighted by Crippen LogP contribution is -2.22. The summed E-state index contributed by atoms with van der Waals surface area (Å²) in [5.41, 5.74) is 1.09. The summed E-state index contributed by atoms with van der Waals surface area (Å²) in [5, 5.41) is 12.1. The summed E-state index contributed by atoms with van der Waals surface area (Å²) in [6.07, 6.45) is 2.71. The topological polar surface area (TPSA) is 45.1 Å². The van der Waals surface area contributed by atoms with Crippen molar-refractivity contribution in [2.75, 3.05) is 24.7 Å². The summed E-state index contributed by atoms with van der Waals surface area (Å²) in [5.74, 6) is 2.12. The van der Waals surface area contributed by atoms with E-state index in [2.05, 4.69) is 17.2 Å². The van der Waals surface area contributed by atoms with E-state index in [0.29, 0.717) is 12.6 Å². The van der Waals surface area contributed by atoms with E-state index in [1.165, 1.54) is 0 Å². The molecule has 0 saturated heterocycles. The quantitative estimate of drug-likeness (QED) is 0.681. The molecule has 16 heavy (non-hydrogen) atoms. The molecule has 1 rings (SSSR count). The van der Waals surface area contributed by atoms with Crippen LogP contribution in [0, 0.1) is 0 Å². The van der Waals surface area contributed by atoms with E-state index >= 15 is 0 Å². The van der Waals surface area contributed by atoms with Crippen LogP contribution in [0.15, 0.2) is 24.4 Å². The Morgan fingerprint density at radius 3 is 3.00 bits per heavy atom. The van der Waals surface area contributed by atoms with Gasteiger partial charge in [-0.05, 0) is 31.2 Å². The van der Waals surface area contributed by atoms with Gasteiger partial charge in [-0.3, -0.25) is 4.98 Å². The van der Waals surface area contributed by atoms with Gasteiger partial charge in [-0.1, -0.05) is 6.07 Å². The number of aromatic nitrogens is 1. The van der Waals surface area contributed by atoms with Crippen molar-refractivity contribution < 1.29 is 5.11 Å². The van der Waals surface area contributed by atoms with Gasteiger partial charge in [0.15, 0.2) is 0 Å². The number of aliphatic hydroxyl groups is 1. The number of nitrogens with zero attached hydrogens (tertiary/aromatic N) is 1. The van der Waals surface area contributed by atoms with Gasteiger partial charge in [-0.2, -0.15) is 11.8 Å². The normalized spacial score (nSPS) is 12.6. The van der Waals surface area contributed by atoms with Crippen LogP contribution in [0.1, 0.15) is 25.1 Å². The molecule has 1 atom stereocenters. The third-order valence-electron chi connectivity index (χ3n) is 2.28. The highest BCUT2D eigenvalue weighted by Gasteiger charge is 2.03. The highest BCUT2D eigenvalue weighted by atomic mass is 32.2. The summed E-state index contributed by atoms with van der Waals surface area (Å²) in [6, 6.07) is 6.29. The molecule has 4 heteroatoms. The minimum atomic E-state index is 0.296. The number of thioether (sulfide) groups is 1. The second-order valence-corrected chi connectivity index (χ2v) is 4.84. The van der Waals surface area contributed by atoms with Gasteiger partial charge in [-0.25, -0.2) is 0 Å². The molecule has 2 N–H and O–H groups in total. The molecule has 0 saturated carbocycles. The summed E-state index contributed by atoms with van der Waals surface area (Å²) in [6.45, 7) is 3.40. The monoisotopic (exact) mass is 240 g/mol. The number of pyridine rings is 1. The molecule has 0 radical (unpaired) electrons. The largest absolute Gasteiger partial charge is 0.396 e. The van der Waals surface area contributed by atoms with Crippen molar-refractivity contribution in [1.82, 2.24) is 10.3 Å². The van der Waals surface area contributed by atoms with E-state index in [1.807, 2.05) is 36.2 Å². The Morgan fingerprint density at radius 1 is 1.44 bits per heavy atom. The fraction of sp³-hybridized carbons (Fsp3) is 0.583.